The fourth-order valence-corrected chi connectivity index (χ4v) is 3.97. The number of nitrogens with zero attached hydrogens (tertiary/aromatic N) is 4. The second kappa shape index (κ2) is 8.28. The Balaban J connectivity index is 1.68. The van der Waals surface area contributed by atoms with Crippen molar-refractivity contribution in [1.29, 1.82) is 0 Å². The number of aliphatic hydroxyl groups is 1. The second-order valence-electron chi connectivity index (χ2n) is 8.52. The number of anilines is 2. The number of pyridine rings is 1. The predicted octanol–water partition coefficient (Wildman–Crippen LogP) is 2.51. The summed E-state index contributed by atoms with van der Waals surface area (Å²) in [5, 5.41) is 13.1. The van der Waals surface area contributed by atoms with Gasteiger partial charge >= 0.3 is 0 Å². The maximum Gasteiger partial charge on any atom is 0.245 e. The number of aromatic nitrogens is 3. The smallest absolute Gasteiger partial charge is 0.245 e. The van der Waals surface area contributed by atoms with Gasteiger partial charge in [-0.3, -0.25) is 9.78 Å². The minimum Gasteiger partial charge on any atom is -0.384 e. The van der Waals surface area contributed by atoms with Crippen LogP contribution in [0.25, 0.3) is 11.3 Å². The Hall–Kier alpha value is -2.58. The van der Waals surface area contributed by atoms with Crippen LogP contribution in [0.4, 0.5) is 11.6 Å². The van der Waals surface area contributed by atoms with Gasteiger partial charge in [-0.1, -0.05) is 6.92 Å². The number of fused-ring (bicyclic) bond motifs is 1. The molecule has 4 rings (SSSR count). The third-order valence-electron chi connectivity index (χ3n) is 5.68. The molecule has 0 aromatic carbocycles. The molecule has 0 unspecified atom stereocenters. The van der Waals surface area contributed by atoms with Gasteiger partial charge in [-0.05, 0) is 51.2 Å². The number of carbonyl (C=O) groups excluding carboxylic acids is 1. The molecule has 0 aliphatic carbocycles. The van der Waals surface area contributed by atoms with Crippen molar-refractivity contribution in [3.8, 4) is 11.3 Å². The summed E-state index contributed by atoms with van der Waals surface area (Å²) in [7, 11) is 0. The average molecular weight is 412 g/mol. The first kappa shape index (κ1) is 20.7. The molecule has 2 aromatic heterocycles. The van der Waals surface area contributed by atoms with Gasteiger partial charge in [-0.25, -0.2) is 9.97 Å². The number of nitrogens with one attached hydrogen (secondary N) is 1. The van der Waals surface area contributed by atoms with Crippen molar-refractivity contribution >= 4 is 17.5 Å². The Kier molecular flexibility index (Phi) is 5.71. The van der Waals surface area contributed by atoms with Crippen molar-refractivity contribution in [3.05, 3.63) is 29.7 Å². The Morgan fingerprint density at radius 1 is 1.27 bits per heavy atom. The van der Waals surface area contributed by atoms with Crippen LogP contribution < -0.4 is 10.2 Å². The molecule has 1 saturated heterocycles. The van der Waals surface area contributed by atoms with Gasteiger partial charge in [-0.2, -0.15) is 0 Å². The van der Waals surface area contributed by atoms with Gasteiger partial charge in [0.1, 0.15) is 5.60 Å². The van der Waals surface area contributed by atoms with E-state index in [9.17, 15) is 9.90 Å². The van der Waals surface area contributed by atoms with Crippen LogP contribution in [0.2, 0.25) is 0 Å². The summed E-state index contributed by atoms with van der Waals surface area (Å²) in [5.74, 6) is 1.61. The van der Waals surface area contributed by atoms with Crippen LogP contribution >= 0.6 is 0 Å². The molecule has 0 bridgehead atoms. The number of ether oxygens (including phenoxy) is 1. The molecule has 2 aliphatic heterocycles. The van der Waals surface area contributed by atoms with Crippen molar-refractivity contribution in [2.75, 3.05) is 36.5 Å². The maximum atomic E-state index is 12.2. The van der Waals surface area contributed by atoms with Gasteiger partial charge in [-0.15, -0.1) is 0 Å². The molecule has 160 valence electrons. The molecule has 1 amide bonds. The highest BCUT2D eigenvalue weighted by Gasteiger charge is 2.28. The summed E-state index contributed by atoms with van der Waals surface area (Å²) in [5.41, 5.74) is 2.09. The fourth-order valence-electron chi connectivity index (χ4n) is 3.97. The second-order valence-corrected chi connectivity index (χ2v) is 8.52. The quantitative estimate of drug-likeness (QED) is 0.780. The number of aryl methyl sites for hydroxylation is 1. The lowest BCUT2D eigenvalue weighted by Gasteiger charge is -2.33. The minimum atomic E-state index is -1.01. The van der Waals surface area contributed by atoms with Crippen molar-refractivity contribution in [3.63, 3.8) is 0 Å². The molecule has 0 spiro atoms. The summed E-state index contributed by atoms with van der Waals surface area (Å²) >= 11 is 0. The molecule has 0 atom stereocenters. The van der Waals surface area contributed by atoms with Crippen molar-refractivity contribution in [2.24, 2.45) is 5.92 Å². The van der Waals surface area contributed by atoms with Crippen molar-refractivity contribution in [1.82, 2.24) is 15.0 Å². The molecule has 8 heteroatoms. The van der Waals surface area contributed by atoms with Gasteiger partial charge in [0.2, 0.25) is 5.91 Å². The molecule has 2 aromatic rings. The van der Waals surface area contributed by atoms with Crippen LogP contribution in [-0.4, -0.2) is 52.3 Å². The maximum absolute atomic E-state index is 12.2. The lowest BCUT2D eigenvalue weighted by Crippen LogP contribution is -2.42. The summed E-state index contributed by atoms with van der Waals surface area (Å²) in [4.78, 5) is 28.3. The highest BCUT2D eigenvalue weighted by Crippen LogP contribution is 2.32. The fraction of sp³-hybridized carbons (Fsp3) is 0.545. The standard InChI is InChI=1S/C22H29N5O3/c1-4-16-15(5-6-18(24-16)22(2,3)29)17-11-23-20-21(25-17)27(13-19(28)26-20)12-14-7-9-30-10-8-14/h5-6,11,14,29H,4,7-10,12-13H2,1-3H3,(H,23,26,28). The minimum absolute atomic E-state index is 0.0675. The first-order valence-electron chi connectivity index (χ1n) is 10.6. The van der Waals surface area contributed by atoms with E-state index in [0.717, 1.165) is 43.9 Å². The zero-order valence-corrected chi connectivity index (χ0v) is 17.8. The number of amides is 1. The number of rotatable bonds is 5. The Bertz CT molecular complexity index is 935. The van der Waals surface area contributed by atoms with E-state index < -0.39 is 5.60 Å². The highest BCUT2D eigenvalue weighted by molar-refractivity contribution is 5.99. The summed E-state index contributed by atoms with van der Waals surface area (Å²) in [6.07, 6.45) is 4.36. The number of carbonyl (C=O) groups is 1. The molecule has 8 nitrogen and oxygen atoms in total. The third kappa shape index (κ3) is 4.29. The molecule has 30 heavy (non-hydrogen) atoms. The molecule has 2 N–H and O–H groups in total. The van der Waals surface area contributed by atoms with E-state index in [1.807, 2.05) is 24.0 Å². The largest absolute Gasteiger partial charge is 0.384 e. The van der Waals surface area contributed by atoms with E-state index in [0.29, 0.717) is 35.4 Å². The molecule has 4 heterocycles. The molecule has 2 aliphatic rings. The van der Waals surface area contributed by atoms with Crippen LogP contribution in [0.1, 0.15) is 45.0 Å². The van der Waals surface area contributed by atoms with Crippen LogP contribution in [0.15, 0.2) is 18.3 Å². The van der Waals surface area contributed by atoms with E-state index in [1.165, 1.54) is 0 Å². The third-order valence-corrected chi connectivity index (χ3v) is 5.68. The normalized spacial score (nSPS) is 17.6. The lowest BCUT2D eigenvalue weighted by molar-refractivity contribution is -0.115. The number of hydrogen-bond donors (Lipinski definition) is 2. The van der Waals surface area contributed by atoms with E-state index in [1.54, 1.807) is 20.0 Å². The predicted molar refractivity (Wildman–Crippen MR) is 114 cm³/mol. The summed E-state index contributed by atoms with van der Waals surface area (Å²) in [6, 6.07) is 3.77. The van der Waals surface area contributed by atoms with Crippen LogP contribution in [-0.2, 0) is 21.6 Å². The van der Waals surface area contributed by atoms with E-state index in [4.69, 9.17) is 9.72 Å². The van der Waals surface area contributed by atoms with Crippen LogP contribution in [0, 0.1) is 5.92 Å². The Morgan fingerprint density at radius 2 is 2.03 bits per heavy atom. The zero-order valence-electron chi connectivity index (χ0n) is 17.8. The molecule has 0 saturated carbocycles. The first-order valence-corrected chi connectivity index (χ1v) is 10.6. The molecule has 1 fully saturated rings. The number of hydrogen-bond acceptors (Lipinski definition) is 7. The summed E-state index contributed by atoms with van der Waals surface area (Å²) in [6.45, 7) is 8.06. The first-order chi connectivity index (χ1) is 14.3. The zero-order chi connectivity index (χ0) is 21.3. The Labute approximate surface area is 176 Å². The van der Waals surface area contributed by atoms with E-state index in [2.05, 4.69) is 15.3 Å². The van der Waals surface area contributed by atoms with E-state index >= 15 is 0 Å². The lowest BCUT2D eigenvalue weighted by atomic mass is 9.99. The van der Waals surface area contributed by atoms with Crippen molar-refractivity contribution in [2.45, 2.75) is 45.6 Å². The Morgan fingerprint density at radius 3 is 2.73 bits per heavy atom. The molecular weight excluding hydrogens is 382 g/mol. The van der Waals surface area contributed by atoms with Gasteiger partial charge in [0, 0.05) is 31.0 Å². The average Bonchev–Trinajstić information content (AvgIpc) is 2.73. The van der Waals surface area contributed by atoms with Gasteiger partial charge < -0.3 is 20.1 Å². The van der Waals surface area contributed by atoms with Crippen LogP contribution in [0.5, 0.6) is 0 Å². The molecular formula is C22H29N5O3. The summed E-state index contributed by atoms with van der Waals surface area (Å²) < 4.78 is 5.46. The highest BCUT2D eigenvalue weighted by atomic mass is 16.5. The van der Waals surface area contributed by atoms with Gasteiger partial charge in [0.15, 0.2) is 11.6 Å². The van der Waals surface area contributed by atoms with Gasteiger partial charge in [0.25, 0.3) is 0 Å². The van der Waals surface area contributed by atoms with E-state index in [-0.39, 0.29) is 12.5 Å². The van der Waals surface area contributed by atoms with Crippen LogP contribution in [0.3, 0.4) is 0 Å². The SMILES string of the molecule is CCc1nc(C(C)(C)O)ccc1-c1cnc2c(n1)N(CC1CCOCC1)CC(=O)N2. The monoisotopic (exact) mass is 411 g/mol. The topological polar surface area (TPSA) is 100 Å². The van der Waals surface area contributed by atoms with Gasteiger partial charge in [0.05, 0.1) is 24.1 Å². The van der Waals surface area contributed by atoms with Crippen molar-refractivity contribution < 1.29 is 14.6 Å². The molecule has 0 radical (unpaired) electrons.